The average molecular weight is 369 g/mol. The van der Waals surface area contributed by atoms with Crippen molar-refractivity contribution in [2.45, 2.75) is 16.1 Å². The van der Waals surface area contributed by atoms with E-state index in [2.05, 4.69) is 0 Å². The molecule has 128 valence electrons. The van der Waals surface area contributed by atoms with E-state index in [9.17, 15) is 12.8 Å². The summed E-state index contributed by atoms with van der Waals surface area (Å²) in [6.07, 6.45) is 0. The molecule has 0 bridgehead atoms. The summed E-state index contributed by atoms with van der Waals surface area (Å²) in [6, 6.07) is 11.9. The molecule has 0 amide bonds. The summed E-state index contributed by atoms with van der Waals surface area (Å²) in [5.41, 5.74) is 11.8. The standard InChI is InChI=1S/C17H18ClFN2O2S/c18-12-3-7-14(8-4-12)24(22,23)16-15(17(16,9-20)10-21)11-1-5-13(19)6-2-11/h1-8,15-16H,9-10,20-21H2/t15-,16-/m1/s1. The van der Waals surface area contributed by atoms with Gasteiger partial charge in [-0.2, -0.15) is 0 Å². The van der Waals surface area contributed by atoms with Gasteiger partial charge in [0, 0.05) is 29.4 Å². The van der Waals surface area contributed by atoms with Crippen molar-refractivity contribution >= 4 is 21.4 Å². The molecule has 0 saturated heterocycles. The van der Waals surface area contributed by atoms with E-state index in [1.807, 2.05) is 0 Å². The number of halogens is 2. The average Bonchev–Trinajstić information content (AvgIpc) is 3.26. The molecule has 1 aliphatic carbocycles. The van der Waals surface area contributed by atoms with Gasteiger partial charge in [-0.15, -0.1) is 0 Å². The molecule has 2 aromatic carbocycles. The van der Waals surface area contributed by atoms with Gasteiger partial charge in [0.1, 0.15) is 5.82 Å². The van der Waals surface area contributed by atoms with Crippen LogP contribution in [-0.4, -0.2) is 26.8 Å². The molecule has 4 nitrogen and oxygen atoms in total. The van der Waals surface area contributed by atoms with Crippen molar-refractivity contribution in [2.75, 3.05) is 13.1 Å². The van der Waals surface area contributed by atoms with Crippen LogP contribution in [0.4, 0.5) is 4.39 Å². The van der Waals surface area contributed by atoms with Crippen LogP contribution in [-0.2, 0) is 9.84 Å². The molecule has 1 saturated carbocycles. The van der Waals surface area contributed by atoms with E-state index < -0.39 is 20.5 Å². The molecular weight excluding hydrogens is 351 g/mol. The summed E-state index contributed by atoms with van der Waals surface area (Å²) in [6.45, 7) is 0.284. The molecule has 24 heavy (non-hydrogen) atoms. The Morgan fingerprint density at radius 3 is 2.04 bits per heavy atom. The molecule has 7 heteroatoms. The third-order valence-corrected chi connectivity index (χ3v) is 7.44. The molecule has 0 heterocycles. The van der Waals surface area contributed by atoms with E-state index in [-0.39, 0.29) is 29.7 Å². The van der Waals surface area contributed by atoms with Crippen LogP contribution < -0.4 is 11.5 Å². The van der Waals surface area contributed by atoms with E-state index in [1.165, 1.54) is 36.4 Å². The van der Waals surface area contributed by atoms with Gasteiger partial charge in [0.05, 0.1) is 10.1 Å². The minimum absolute atomic E-state index is 0.142. The summed E-state index contributed by atoms with van der Waals surface area (Å²) in [7, 11) is -3.63. The van der Waals surface area contributed by atoms with Crippen molar-refractivity contribution in [2.24, 2.45) is 16.9 Å². The van der Waals surface area contributed by atoms with Crippen LogP contribution in [0.5, 0.6) is 0 Å². The fourth-order valence-corrected chi connectivity index (χ4v) is 6.06. The Hall–Kier alpha value is -1.47. The van der Waals surface area contributed by atoms with Crippen LogP contribution in [0.1, 0.15) is 11.5 Å². The molecule has 1 fully saturated rings. The summed E-state index contributed by atoms with van der Waals surface area (Å²) < 4.78 is 39.3. The van der Waals surface area contributed by atoms with Gasteiger partial charge in [-0.25, -0.2) is 12.8 Å². The number of nitrogens with two attached hydrogens (primary N) is 2. The molecule has 0 aliphatic heterocycles. The number of rotatable bonds is 5. The van der Waals surface area contributed by atoms with Crippen molar-refractivity contribution in [3.63, 3.8) is 0 Å². The van der Waals surface area contributed by atoms with Crippen LogP contribution in [0.2, 0.25) is 5.02 Å². The van der Waals surface area contributed by atoms with Gasteiger partial charge in [-0.05, 0) is 42.0 Å². The third-order valence-electron chi connectivity index (χ3n) is 4.85. The maximum atomic E-state index is 13.2. The van der Waals surface area contributed by atoms with E-state index in [1.54, 1.807) is 12.1 Å². The third kappa shape index (κ3) is 2.63. The number of benzene rings is 2. The topological polar surface area (TPSA) is 86.2 Å². The molecule has 0 aromatic heterocycles. The fraction of sp³-hybridized carbons (Fsp3) is 0.294. The monoisotopic (exact) mass is 368 g/mol. The highest BCUT2D eigenvalue weighted by Gasteiger charge is 2.69. The van der Waals surface area contributed by atoms with Crippen molar-refractivity contribution in [1.29, 1.82) is 0 Å². The van der Waals surface area contributed by atoms with E-state index in [0.717, 1.165) is 5.56 Å². The minimum atomic E-state index is -3.63. The van der Waals surface area contributed by atoms with E-state index in [0.29, 0.717) is 5.02 Å². The van der Waals surface area contributed by atoms with Crippen molar-refractivity contribution in [1.82, 2.24) is 0 Å². The number of sulfone groups is 1. The van der Waals surface area contributed by atoms with Crippen molar-refractivity contribution in [3.8, 4) is 0 Å². The molecular formula is C17H18ClFN2O2S. The SMILES string of the molecule is NCC1(CN)[C@H](c2ccc(F)cc2)[C@H]1S(=O)(=O)c1ccc(Cl)cc1. The Morgan fingerprint density at radius 2 is 1.54 bits per heavy atom. The Bertz CT molecular complexity index is 834. The zero-order valence-electron chi connectivity index (χ0n) is 12.8. The lowest BCUT2D eigenvalue weighted by molar-refractivity contribution is 0.509. The van der Waals surface area contributed by atoms with Gasteiger partial charge in [0.25, 0.3) is 0 Å². The minimum Gasteiger partial charge on any atom is -0.330 e. The second kappa shape index (κ2) is 6.11. The van der Waals surface area contributed by atoms with E-state index in [4.69, 9.17) is 23.1 Å². The molecule has 4 N–H and O–H groups in total. The highest BCUT2D eigenvalue weighted by molar-refractivity contribution is 7.92. The largest absolute Gasteiger partial charge is 0.330 e. The van der Waals surface area contributed by atoms with E-state index >= 15 is 0 Å². The lowest BCUT2D eigenvalue weighted by Crippen LogP contribution is -2.31. The van der Waals surface area contributed by atoms with Gasteiger partial charge in [-0.3, -0.25) is 0 Å². The lowest BCUT2D eigenvalue weighted by Gasteiger charge is -2.13. The van der Waals surface area contributed by atoms with Crippen LogP contribution in [0.15, 0.2) is 53.4 Å². The highest BCUT2D eigenvalue weighted by atomic mass is 35.5. The molecule has 1 aliphatic rings. The van der Waals surface area contributed by atoms with Crippen LogP contribution in [0.3, 0.4) is 0 Å². The summed E-state index contributed by atoms with van der Waals surface area (Å²) >= 11 is 5.84. The summed E-state index contributed by atoms with van der Waals surface area (Å²) in [4.78, 5) is 0.188. The molecule has 0 unspecified atom stereocenters. The maximum absolute atomic E-state index is 13.2. The Balaban J connectivity index is 2.04. The Labute approximate surface area is 145 Å². The maximum Gasteiger partial charge on any atom is 0.182 e. The van der Waals surface area contributed by atoms with Gasteiger partial charge in [0.15, 0.2) is 9.84 Å². The highest BCUT2D eigenvalue weighted by Crippen LogP contribution is 2.62. The summed E-state index contributed by atoms with van der Waals surface area (Å²) in [5.74, 6) is -0.726. The van der Waals surface area contributed by atoms with Gasteiger partial charge >= 0.3 is 0 Å². The number of hydrogen-bond donors (Lipinski definition) is 2. The first-order chi connectivity index (χ1) is 11.4. The van der Waals surface area contributed by atoms with Crippen LogP contribution >= 0.6 is 11.6 Å². The first-order valence-corrected chi connectivity index (χ1v) is 9.44. The molecule has 2 atom stereocenters. The van der Waals surface area contributed by atoms with Gasteiger partial charge in [0.2, 0.25) is 0 Å². The van der Waals surface area contributed by atoms with Crippen molar-refractivity contribution < 1.29 is 12.8 Å². The van der Waals surface area contributed by atoms with Crippen molar-refractivity contribution in [3.05, 3.63) is 64.9 Å². The quantitative estimate of drug-likeness (QED) is 0.848. The fourth-order valence-electron chi connectivity index (χ4n) is 3.46. The second-order valence-electron chi connectivity index (χ2n) is 6.09. The first kappa shape index (κ1) is 17.4. The zero-order chi connectivity index (χ0) is 17.5. The van der Waals surface area contributed by atoms with Gasteiger partial charge in [-0.1, -0.05) is 23.7 Å². The zero-order valence-corrected chi connectivity index (χ0v) is 14.4. The smallest absolute Gasteiger partial charge is 0.182 e. The second-order valence-corrected chi connectivity index (χ2v) is 8.60. The Morgan fingerprint density at radius 1 is 1.00 bits per heavy atom. The molecule has 0 spiro atoms. The predicted octanol–water partition coefficient (Wildman–Crippen LogP) is 2.32. The lowest BCUT2D eigenvalue weighted by atomic mass is 9.99. The van der Waals surface area contributed by atoms with Crippen LogP contribution in [0.25, 0.3) is 0 Å². The molecule has 0 radical (unpaired) electrons. The normalized spacial score (nSPS) is 22.3. The van der Waals surface area contributed by atoms with Gasteiger partial charge < -0.3 is 11.5 Å². The first-order valence-electron chi connectivity index (χ1n) is 7.52. The summed E-state index contributed by atoms with van der Waals surface area (Å²) in [5, 5.41) is -0.268. The molecule has 3 rings (SSSR count). The molecule has 2 aromatic rings. The van der Waals surface area contributed by atoms with Crippen LogP contribution in [0, 0.1) is 11.2 Å². The predicted molar refractivity (Wildman–Crippen MR) is 92.1 cm³/mol. The Kier molecular flexibility index (Phi) is 4.42. The number of hydrogen-bond acceptors (Lipinski definition) is 4.